The molecule has 4 atom stereocenters. The molecule has 8 nitrogen and oxygen atoms in total. The molecule has 18 heavy (non-hydrogen) atoms. The minimum atomic E-state index is -2.32. The van der Waals surface area contributed by atoms with Crippen LogP contribution in [0.25, 0.3) is 0 Å². The van der Waals surface area contributed by atoms with Crippen LogP contribution in [0.1, 0.15) is 26.7 Å². The van der Waals surface area contributed by atoms with Crippen LogP contribution in [0.5, 0.6) is 0 Å². The zero-order valence-corrected chi connectivity index (χ0v) is 10.1. The minimum absolute atomic E-state index is 0.414. The molecule has 0 fully saturated rings. The van der Waals surface area contributed by atoms with Crippen molar-refractivity contribution in [3.63, 3.8) is 0 Å². The third kappa shape index (κ3) is 5.66. The number of nitrogens with zero attached hydrogens (tertiary/aromatic N) is 4. The highest BCUT2D eigenvalue weighted by Crippen LogP contribution is 2.20. The van der Waals surface area contributed by atoms with Gasteiger partial charge in [0.15, 0.2) is 0 Å². The second-order valence-electron chi connectivity index (χ2n) is 4.16. The average molecular weight is 256 g/mol. The van der Waals surface area contributed by atoms with Gasteiger partial charge < -0.3 is 20.4 Å². The standard InChI is InChI=1S/C10H16N4O4/c1-7(15)3-9(17,5-11)13-14-10(18,6-12)4-8(2)16/h7-8,15-18H,3-4H2,1-2H3. The number of azo groups is 1. The lowest BCUT2D eigenvalue weighted by Crippen LogP contribution is -2.32. The lowest BCUT2D eigenvalue weighted by atomic mass is 10.1. The van der Waals surface area contributed by atoms with Crippen LogP contribution >= 0.6 is 0 Å². The van der Waals surface area contributed by atoms with Crippen LogP contribution in [0.15, 0.2) is 10.2 Å². The van der Waals surface area contributed by atoms with Crippen LogP contribution in [-0.4, -0.2) is 44.1 Å². The van der Waals surface area contributed by atoms with E-state index in [-0.39, 0.29) is 0 Å². The molecule has 0 aromatic heterocycles. The molecule has 4 unspecified atom stereocenters. The second-order valence-corrected chi connectivity index (χ2v) is 4.16. The summed E-state index contributed by atoms with van der Waals surface area (Å²) in [4.78, 5) is 0. The minimum Gasteiger partial charge on any atom is -0.393 e. The Bertz CT molecular complexity index is 348. The van der Waals surface area contributed by atoms with E-state index >= 15 is 0 Å². The molecule has 8 heteroatoms. The van der Waals surface area contributed by atoms with Crippen LogP contribution in [0.2, 0.25) is 0 Å². The van der Waals surface area contributed by atoms with Gasteiger partial charge in [0.2, 0.25) is 0 Å². The van der Waals surface area contributed by atoms with Gasteiger partial charge in [-0.05, 0) is 13.8 Å². The number of aliphatic hydroxyl groups is 4. The van der Waals surface area contributed by atoms with Crippen LogP contribution in [0, 0.1) is 22.7 Å². The SMILES string of the molecule is CC(O)CC(O)(C#N)N=NC(O)(C#N)CC(C)O. The number of rotatable bonds is 6. The highest BCUT2D eigenvalue weighted by Gasteiger charge is 2.33. The highest BCUT2D eigenvalue weighted by molar-refractivity contribution is 5.02. The van der Waals surface area contributed by atoms with Gasteiger partial charge in [-0.2, -0.15) is 10.5 Å². The summed E-state index contributed by atoms with van der Waals surface area (Å²) >= 11 is 0. The lowest BCUT2D eigenvalue weighted by molar-refractivity contribution is 0.0113. The molecule has 0 aromatic carbocycles. The van der Waals surface area contributed by atoms with E-state index in [1.54, 1.807) is 0 Å². The van der Waals surface area contributed by atoms with E-state index in [1.165, 1.54) is 26.0 Å². The molecule has 0 heterocycles. The Labute approximate surface area is 104 Å². The molecular formula is C10H16N4O4. The van der Waals surface area contributed by atoms with Gasteiger partial charge in [-0.3, -0.25) is 0 Å². The Morgan fingerprint density at radius 3 is 1.39 bits per heavy atom. The fourth-order valence-corrected chi connectivity index (χ4v) is 1.21. The summed E-state index contributed by atoms with van der Waals surface area (Å²) in [6, 6.07) is 2.82. The van der Waals surface area contributed by atoms with Gasteiger partial charge >= 0.3 is 0 Å². The van der Waals surface area contributed by atoms with Crippen molar-refractivity contribution in [2.45, 2.75) is 50.3 Å². The van der Waals surface area contributed by atoms with E-state index < -0.39 is 36.5 Å². The predicted octanol–water partition coefficient (Wildman–Crippen LogP) is -0.595. The Balaban J connectivity index is 4.98. The molecule has 0 saturated heterocycles. The Kier molecular flexibility index (Phi) is 5.82. The molecular weight excluding hydrogens is 240 g/mol. The first-order valence-electron chi connectivity index (χ1n) is 5.24. The van der Waals surface area contributed by atoms with Gasteiger partial charge in [0.1, 0.15) is 12.1 Å². The molecule has 0 aliphatic carbocycles. The van der Waals surface area contributed by atoms with E-state index in [0.717, 1.165) is 0 Å². The maximum Gasteiger partial charge on any atom is 0.266 e. The molecule has 0 amide bonds. The molecule has 4 N–H and O–H groups in total. The van der Waals surface area contributed by atoms with Crippen LogP contribution in [-0.2, 0) is 0 Å². The highest BCUT2D eigenvalue weighted by atomic mass is 16.3. The number of hydrogen-bond donors (Lipinski definition) is 4. The summed E-state index contributed by atoms with van der Waals surface area (Å²) in [5, 5.41) is 61.2. The van der Waals surface area contributed by atoms with Crippen molar-refractivity contribution < 1.29 is 20.4 Å². The zero-order valence-electron chi connectivity index (χ0n) is 10.1. The number of aliphatic hydroxyl groups excluding tert-OH is 2. The van der Waals surface area contributed by atoms with E-state index in [1.807, 2.05) is 0 Å². The summed E-state index contributed by atoms with van der Waals surface area (Å²) in [5.74, 6) is 0. The van der Waals surface area contributed by atoms with Crippen molar-refractivity contribution in [3.05, 3.63) is 0 Å². The molecule has 0 aliphatic rings. The molecule has 0 saturated carbocycles. The summed E-state index contributed by atoms with van der Waals surface area (Å²) in [7, 11) is 0. The van der Waals surface area contributed by atoms with E-state index in [4.69, 9.17) is 20.7 Å². The Morgan fingerprint density at radius 2 is 1.22 bits per heavy atom. The molecule has 0 bridgehead atoms. The van der Waals surface area contributed by atoms with Crippen molar-refractivity contribution in [1.29, 1.82) is 10.5 Å². The maximum atomic E-state index is 9.62. The van der Waals surface area contributed by atoms with Crippen LogP contribution in [0.4, 0.5) is 0 Å². The first-order valence-corrected chi connectivity index (χ1v) is 5.24. The first-order chi connectivity index (χ1) is 8.16. The van der Waals surface area contributed by atoms with Crippen molar-refractivity contribution >= 4 is 0 Å². The van der Waals surface area contributed by atoms with E-state index in [9.17, 15) is 10.2 Å². The van der Waals surface area contributed by atoms with E-state index in [2.05, 4.69) is 10.2 Å². The maximum absolute atomic E-state index is 9.62. The molecule has 0 spiro atoms. The summed E-state index contributed by atoms with van der Waals surface area (Å²) < 4.78 is 0. The van der Waals surface area contributed by atoms with Gasteiger partial charge in [0.25, 0.3) is 11.4 Å². The smallest absolute Gasteiger partial charge is 0.266 e. The van der Waals surface area contributed by atoms with E-state index in [0.29, 0.717) is 0 Å². The van der Waals surface area contributed by atoms with Crippen molar-refractivity contribution in [3.8, 4) is 12.1 Å². The monoisotopic (exact) mass is 256 g/mol. The number of nitriles is 2. The molecule has 0 radical (unpaired) electrons. The molecule has 0 aliphatic heterocycles. The summed E-state index contributed by atoms with van der Waals surface area (Å²) in [5.41, 5.74) is -4.64. The molecule has 0 rings (SSSR count). The quantitative estimate of drug-likeness (QED) is 0.367. The topological polar surface area (TPSA) is 153 Å². The second kappa shape index (κ2) is 6.38. The average Bonchev–Trinajstić information content (AvgIpc) is 2.25. The van der Waals surface area contributed by atoms with Crippen LogP contribution < -0.4 is 0 Å². The van der Waals surface area contributed by atoms with Crippen LogP contribution in [0.3, 0.4) is 0 Å². The molecule has 100 valence electrons. The lowest BCUT2D eigenvalue weighted by Gasteiger charge is -2.19. The van der Waals surface area contributed by atoms with Gasteiger partial charge in [0.05, 0.1) is 12.2 Å². The van der Waals surface area contributed by atoms with Crippen molar-refractivity contribution in [2.24, 2.45) is 10.2 Å². The Hall–Kier alpha value is -1.58. The first kappa shape index (κ1) is 16.4. The fraction of sp³-hybridized carbons (Fsp3) is 0.800. The van der Waals surface area contributed by atoms with Gasteiger partial charge in [-0.15, -0.1) is 10.2 Å². The predicted molar refractivity (Wildman–Crippen MR) is 58.6 cm³/mol. The summed E-state index contributed by atoms with van der Waals surface area (Å²) in [6.07, 6.45) is -2.85. The fourth-order valence-electron chi connectivity index (χ4n) is 1.21. The third-order valence-electron chi connectivity index (χ3n) is 1.90. The van der Waals surface area contributed by atoms with Crippen molar-refractivity contribution in [1.82, 2.24) is 0 Å². The Morgan fingerprint density at radius 1 is 0.944 bits per heavy atom. The normalized spacial score (nSPS) is 21.3. The number of hydrogen-bond acceptors (Lipinski definition) is 8. The van der Waals surface area contributed by atoms with Crippen molar-refractivity contribution in [2.75, 3.05) is 0 Å². The van der Waals surface area contributed by atoms with Gasteiger partial charge in [0, 0.05) is 12.8 Å². The van der Waals surface area contributed by atoms with Gasteiger partial charge in [-0.25, -0.2) is 0 Å². The van der Waals surface area contributed by atoms with Gasteiger partial charge in [-0.1, -0.05) is 0 Å². The third-order valence-corrected chi connectivity index (χ3v) is 1.90. The zero-order chi connectivity index (χ0) is 14.4. The summed E-state index contributed by atoms with van der Waals surface area (Å²) in [6.45, 7) is 2.67. The molecule has 0 aromatic rings. The largest absolute Gasteiger partial charge is 0.393 e.